The average molecular weight is 230 g/mol. The summed E-state index contributed by atoms with van der Waals surface area (Å²) in [6.45, 7) is 2.14. The normalized spacial score (nSPS) is 15.1. The highest BCUT2D eigenvalue weighted by Crippen LogP contribution is 2.19. The Bertz CT molecular complexity index is 422. The van der Waals surface area contributed by atoms with Gasteiger partial charge in [-0.25, -0.2) is 0 Å². The predicted molar refractivity (Wildman–Crippen MR) is 68.7 cm³/mol. The van der Waals surface area contributed by atoms with E-state index in [4.69, 9.17) is 0 Å². The number of allylic oxidation sites excluding steroid dienone is 1. The van der Waals surface area contributed by atoms with Crippen molar-refractivity contribution >= 4 is 12.0 Å². The lowest BCUT2D eigenvalue weighted by atomic mass is 10.2. The molecule has 0 aliphatic heterocycles. The molecule has 0 atom stereocenters. The first-order valence-electron chi connectivity index (χ1n) is 6.23. The maximum atomic E-state index is 11.8. The molecular formula is C14H18N2O. The van der Waals surface area contributed by atoms with Crippen molar-refractivity contribution in [3.8, 4) is 0 Å². The van der Waals surface area contributed by atoms with E-state index in [2.05, 4.69) is 23.3 Å². The number of aromatic nitrogens is 1. The summed E-state index contributed by atoms with van der Waals surface area (Å²) < 4.78 is 0. The number of nitrogens with zero attached hydrogens (tertiary/aromatic N) is 1. The molecule has 0 saturated heterocycles. The first-order chi connectivity index (χ1) is 8.29. The lowest BCUT2D eigenvalue weighted by Gasteiger charge is -2.03. The van der Waals surface area contributed by atoms with Gasteiger partial charge in [-0.3, -0.25) is 9.78 Å². The molecule has 1 aliphatic rings. The first-order valence-corrected chi connectivity index (χ1v) is 6.23. The van der Waals surface area contributed by atoms with E-state index >= 15 is 0 Å². The Morgan fingerprint density at radius 2 is 2.41 bits per heavy atom. The van der Waals surface area contributed by atoms with Crippen LogP contribution in [0, 0.1) is 0 Å². The lowest BCUT2D eigenvalue weighted by Crippen LogP contribution is -2.25. The van der Waals surface area contributed by atoms with Crippen LogP contribution in [0.4, 0.5) is 0 Å². The summed E-state index contributed by atoms with van der Waals surface area (Å²) in [6, 6.07) is 3.99. The fraction of sp³-hybridized carbons (Fsp3) is 0.429. The number of carbonyl (C=O) groups excluding carboxylic acids is 1. The van der Waals surface area contributed by atoms with Crippen molar-refractivity contribution in [2.75, 3.05) is 0 Å². The summed E-state index contributed by atoms with van der Waals surface area (Å²) in [4.78, 5) is 16.0. The van der Waals surface area contributed by atoms with Crippen molar-refractivity contribution in [2.45, 2.75) is 38.6 Å². The Morgan fingerprint density at radius 3 is 3.12 bits per heavy atom. The molecule has 0 aromatic carbocycles. The van der Waals surface area contributed by atoms with Crippen LogP contribution in [-0.2, 0) is 0 Å². The number of nitrogens with one attached hydrogen (secondary N) is 1. The number of hydrogen-bond donors (Lipinski definition) is 1. The lowest BCUT2D eigenvalue weighted by molar-refractivity contribution is 0.0951. The molecular weight excluding hydrogens is 212 g/mol. The largest absolute Gasteiger partial charge is 0.349 e. The highest BCUT2D eigenvalue weighted by atomic mass is 16.1. The zero-order chi connectivity index (χ0) is 12.1. The standard InChI is InChI=1S/C14H18N2O/c1-2-3-4-5-13-10-11(8-9-15-13)14(17)16-12-6-7-12/h4-5,8-10,12H,2-3,6-7H2,1H3,(H,16,17)/b5-4+. The van der Waals surface area contributed by atoms with E-state index in [0.29, 0.717) is 11.6 Å². The van der Waals surface area contributed by atoms with E-state index in [1.54, 1.807) is 12.3 Å². The molecule has 3 nitrogen and oxygen atoms in total. The van der Waals surface area contributed by atoms with E-state index in [0.717, 1.165) is 31.4 Å². The van der Waals surface area contributed by atoms with E-state index in [9.17, 15) is 4.79 Å². The average Bonchev–Trinajstić information content (AvgIpc) is 3.14. The third kappa shape index (κ3) is 3.70. The third-order valence-corrected chi connectivity index (χ3v) is 2.70. The van der Waals surface area contributed by atoms with Crippen LogP contribution < -0.4 is 5.32 Å². The molecule has 1 fully saturated rings. The van der Waals surface area contributed by atoms with Gasteiger partial charge in [-0.15, -0.1) is 0 Å². The third-order valence-electron chi connectivity index (χ3n) is 2.70. The van der Waals surface area contributed by atoms with Gasteiger partial charge in [0, 0.05) is 17.8 Å². The van der Waals surface area contributed by atoms with Crippen LogP contribution in [0.15, 0.2) is 24.4 Å². The van der Waals surface area contributed by atoms with Crippen LogP contribution in [0.5, 0.6) is 0 Å². The molecule has 1 N–H and O–H groups in total. The highest BCUT2D eigenvalue weighted by molar-refractivity contribution is 5.94. The molecule has 1 saturated carbocycles. The Morgan fingerprint density at radius 1 is 1.59 bits per heavy atom. The summed E-state index contributed by atoms with van der Waals surface area (Å²) in [7, 11) is 0. The van der Waals surface area contributed by atoms with Gasteiger partial charge in [-0.2, -0.15) is 0 Å². The van der Waals surface area contributed by atoms with Crippen molar-refractivity contribution in [1.82, 2.24) is 10.3 Å². The van der Waals surface area contributed by atoms with Gasteiger partial charge < -0.3 is 5.32 Å². The maximum absolute atomic E-state index is 11.8. The maximum Gasteiger partial charge on any atom is 0.251 e. The van der Waals surface area contributed by atoms with Crippen LogP contribution >= 0.6 is 0 Å². The zero-order valence-electron chi connectivity index (χ0n) is 10.1. The van der Waals surface area contributed by atoms with Crippen molar-refractivity contribution in [3.63, 3.8) is 0 Å². The van der Waals surface area contributed by atoms with Crippen LogP contribution in [0.3, 0.4) is 0 Å². The summed E-state index contributed by atoms with van der Waals surface area (Å²) in [5.74, 6) is 0.0139. The molecule has 0 unspecified atom stereocenters. The van der Waals surface area contributed by atoms with Crippen molar-refractivity contribution in [3.05, 3.63) is 35.7 Å². The van der Waals surface area contributed by atoms with Gasteiger partial charge in [0.05, 0.1) is 5.69 Å². The van der Waals surface area contributed by atoms with Gasteiger partial charge in [0.1, 0.15) is 0 Å². The second kappa shape index (κ2) is 5.62. The van der Waals surface area contributed by atoms with E-state index in [-0.39, 0.29) is 5.91 Å². The quantitative estimate of drug-likeness (QED) is 0.845. The van der Waals surface area contributed by atoms with E-state index in [1.807, 2.05) is 12.1 Å². The van der Waals surface area contributed by atoms with Gasteiger partial charge in [0.25, 0.3) is 5.91 Å². The van der Waals surface area contributed by atoms with Gasteiger partial charge in [-0.05, 0) is 37.5 Å². The smallest absolute Gasteiger partial charge is 0.251 e. The fourth-order valence-corrected chi connectivity index (χ4v) is 1.55. The minimum absolute atomic E-state index is 0.0139. The summed E-state index contributed by atoms with van der Waals surface area (Å²) in [5, 5.41) is 2.97. The monoisotopic (exact) mass is 230 g/mol. The van der Waals surface area contributed by atoms with Crippen LogP contribution in [0.2, 0.25) is 0 Å². The number of unbranched alkanes of at least 4 members (excludes halogenated alkanes) is 1. The van der Waals surface area contributed by atoms with Crippen LogP contribution in [0.1, 0.15) is 48.7 Å². The first kappa shape index (κ1) is 11.8. The zero-order valence-corrected chi connectivity index (χ0v) is 10.1. The SMILES string of the molecule is CCC/C=C/c1cc(C(=O)NC2CC2)ccn1. The molecule has 0 radical (unpaired) electrons. The van der Waals surface area contributed by atoms with Crippen molar-refractivity contribution in [2.24, 2.45) is 0 Å². The minimum atomic E-state index is 0.0139. The van der Waals surface area contributed by atoms with Gasteiger partial charge >= 0.3 is 0 Å². The van der Waals surface area contributed by atoms with Gasteiger partial charge in [-0.1, -0.05) is 19.4 Å². The Labute approximate surface area is 102 Å². The topological polar surface area (TPSA) is 42.0 Å². The van der Waals surface area contributed by atoms with Crippen molar-refractivity contribution < 1.29 is 4.79 Å². The van der Waals surface area contributed by atoms with Crippen LogP contribution in [0.25, 0.3) is 6.08 Å². The fourth-order valence-electron chi connectivity index (χ4n) is 1.55. The number of amides is 1. The highest BCUT2D eigenvalue weighted by Gasteiger charge is 2.23. The second-order valence-corrected chi connectivity index (χ2v) is 4.41. The minimum Gasteiger partial charge on any atom is -0.349 e. The predicted octanol–water partition coefficient (Wildman–Crippen LogP) is 2.79. The number of hydrogen-bond acceptors (Lipinski definition) is 2. The summed E-state index contributed by atoms with van der Waals surface area (Å²) in [5.41, 5.74) is 1.55. The molecule has 17 heavy (non-hydrogen) atoms. The molecule has 1 aromatic rings. The summed E-state index contributed by atoms with van der Waals surface area (Å²) >= 11 is 0. The Balaban J connectivity index is 2.01. The molecule has 1 amide bonds. The number of rotatable bonds is 5. The molecule has 1 heterocycles. The van der Waals surface area contributed by atoms with Crippen molar-refractivity contribution in [1.29, 1.82) is 0 Å². The molecule has 0 spiro atoms. The molecule has 90 valence electrons. The number of pyridine rings is 1. The Hall–Kier alpha value is -1.64. The molecule has 0 bridgehead atoms. The molecule has 3 heteroatoms. The summed E-state index contributed by atoms with van der Waals surface area (Å²) in [6.07, 6.45) is 10.1. The second-order valence-electron chi connectivity index (χ2n) is 4.41. The van der Waals surface area contributed by atoms with Gasteiger partial charge in [0.2, 0.25) is 0 Å². The van der Waals surface area contributed by atoms with Gasteiger partial charge in [0.15, 0.2) is 0 Å². The van der Waals surface area contributed by atoms with Crippen LogP contribution in [-0.4, -0.2) is 16.9 Å². The Kier molecular flexibility index (Phi) is 3.91. The molecule has 1 aromatic heterocycles. The molecule has 2 rings (SSSR count). The number of carbonyl (C=O) groups is 1. The molecule has 1 aliphatic carbocycles. The van der Waals surface area contributed by atoms with E-state index < -0.39 is 0 Å². The van der Waals surface area contributed by atoms with E-state index in [1.165, 1.54) is 0 Å².